The number of nitrogen functional groups attached to an aromatic ring is 1. The first kappa shape index (κ1) is 10.4. The standard InChI is InChI=1S/C10H13N5O/c1-7-14-9(16-15-7)4-6-13-10-8(11)3-2-5-12-10/h2-3,5H,4,6,11H2,1H3,(H,12,13). The minimum atomic E-state index is 0.611. The fourth-order valence-corrected chi connectivity index (χ4v) is 1.29. The summed E-state index contributed by atoms with van der Waals surface area (Å²) in [5.74, 6) is 1.94. The largest absolute Gasteiger partial charge is 0.396 e. The molecule has 0 atom stereocenters. The van der Waals surface area contributed by atoms with Crippen molar-refractivity contribution in [3.8, 4) is 0 Å². The van der Waals surface area contributed by atoms with E-state index in [-0.39, 0.29) is 0 Å². The summed E-state index contributed by atoms with van der Waals surface area (Å²) >= 11 is 0. The number of nitrogens with two attached hydrogens (primary N) is 1. The zero-order valence-electron chi connectivity index (χ0n) is 8.97. The van der Waals surface area contributed by atoms with Gasteiger partial charge in [-0.15, -0.1) is 0 Å². The summed E-state index contributed by atoms with van der Waals surface area (Å²) < 4.78 is 4.98. The summed E-state index contributed by atoms with van der Waals surface area (Å²) in [6.07, 6.45) is 2.34. The number of hydrogen-bond acceptors (Lipinski definition) is 6. The topological polar surface area (TPSA) is 89.9 Å². The zero-order valence-corrected chi connectivity index (χ0v) is 8.97. The predicted molar refractivity (Wildman–Crippen MR) is 59.9 cm³/mol. The van der Waals surface area contributed by atoms with E-state index >= 15 is 0 Å². The van der Waals surface area contributed by atoms with Crippen LogP contribution in [-0.2, 0) is 6.42 Å². The SMILES string of the molecule is Cc1noc(CCNc2ncccc2N)n1. The van der Waals surface area contributed by atoms with Gasteiger partial charge in [0.2, 0.25) is 5.89 Å². The molecule has 2 rings (SSSR count). The van der Waals surface area contributed by atoms with E-state index in [1.54, 1.807) is 25.3 Å². The lowest BCUT2D eigenvalue weighted by Gasteiger charge is -2.05. The van der Waals surface area contributed by atoms with Gasteiger partial charge >= 0.3 is 0 Å². The highest BCUT2D eigenvalue weighted by atomic mass is 16.5. The summed E-state index contributed by atoms with van der Waals surface area (Å²) in [4.78, 5) is 8.21. The minimum absolute atomic E-state index is 0.611. The molecule has 0 fully saturated rings. The first-order chi connectivity index (χ1) is 7.75. The Morgan fingerprint density at radius 3 is 3.06 bits per heavy atom. The molecule has 0 saturated carbocycles. The third-order valence-corrected chi connectivity index (χ3v) is 2.04. The molecule has 3 N–H and O–H groups in total. The van der Waals surface area contributed by atoms with Crippen LogP contribution in [0.25, 0.3) is 0 Å². The normalized spacial score (nSPS) is 10.3. The molecule has 0 spiro atoms. The highest BCUT2D eigenvalue weighted by molar-refractivity contribution is 5.60. The molecule has 0 unspecified atom stereocenters. The molecular weight excluding hydrogens is 206 g/mol. The van der Waals surface area contributed by atoms with Crippen LogP contribution in [0.1, 0.15) is 11.7 Å². The van der Waals surface area contributed by atoms with Gasteiger partial charge in [0.25, 0.3) is 0 Å². The third-order valence-electron chi connectivity index (χ3n) is 2.04. The lowest BCUT2D eigenvalue weighted by molar-refractivity contribution is 0.377. The monoisotopic (exact) mass is 219 g/mol. The van der Waals surface area contributed by atoms with Crippen LogP contribution in [0.5, 0.6) is 0 Å². The molecule has 0 aliphatic carbocycles. The van der Waals surface area contributed by atoms with Crippen molar-refractivity contribution in [1.29, 1.82) is 0 Å². The summed E-state index contributed by atoms with van der Waals surface area (Å²) in [5, 5.41) is 6.81. The molecule has 2 aromatic rings. The number of pyridine rings is 1. The van der Waals surface area contributed by atoms with E-state index in [0.717, 1.165) is 0 Å². The third kappa shape index (κ3) is 2.47. The van der Waals surface area contributed by atoms with Gasteiger partial charge in [-0.1, -0.05) is 5.16 Å². The molecule has 2 aromatic heterocycles. The van der Waals surface area contributed by atoms with Crippen molar-refractivity contribution in [2.24, 2.45) is 0 Å². The van der Waals surface area contributed by atoms with E-state index in [1.165, 1.54) is 0 Å². The fraction of sp³-hybridized carbons (Fsp3) is 0.300. The van der Waals surface area contributed by atoms with Crippen LogP contribution < -0.4 is 11.1 Å². The molecule has 0 radical (unpaired) electrons. The molecule has 16 heavy (non-hydrogen) atoms. The van der Waals surface area contributed by atoms with Gasteiger partial charge in [-0.2, -0.15) is 4.98 Å². The molecule has 0 aliphatic heterocycles. The maximum Gasteiger partial charge on any atom is 0.228 e. The van der Waals surface area contributed by atoms with E-state index in [2.05, 4.69) is 20.4 Å². The first-order valence-corrected chi connectivity index (χ1v) is 4.99. The average molecular weight is 219 g/mol. The fourth-order valence-electron chi connectivity index (χ4n) is 1.29. The Bertz CT molecular complexity index is 468. The smallest absolute Gasteiger partial charge is 0.228 e. The second-order valence-corrected chi connectivity index (χ2v) is 3.35. The van der Waals surface area contributed by atoms with Crippen LogP contribution >= 0.6 is 0 Å². The molecule has 6 nitrogen and oxygen atoms in total. The Hall–Kier alpha value is -2.11. The summed E-state index contributed by atoms with van der Waals surface area (Å²) in [6.45, 7) is 2.44. The average Bonchev–Trinajstić information content (AvgIpc) is 2.67. The van der Waals surface area contributed by atoms with Crippen LogP contribution in [0.15, 0.2) is 22.9 Å². The number of nitrogens with zero attached hydrogens (tertiary/aromatic N) is 3. The van der Waals surface area contributed by atoms with E-state index in [4.69, 9.17) is 10.3 Å². The van der Waals surface area contributed by atoms with Crippen LogP contribution in [0, 0.1) is 6.92 Å². The quantitative estimate of drug-likeness (QED) is 0.797. The van der Waals surface area contributed by atoms with Crippen molar-refractivity contribution in [2.75, 3.05) is 17.6 Å². The highest BCUT2D eigenvalue weighted by Gasteiger charge is 2.03. The van der Waals surface area contributed by atoms with Crippen molar-refractivity contribution in [2.45, 2.75) is 13.3 Å². The van der Waals surface area contributed by atoms with Gasteiger partial charge in [-0.3, -0.25) is 0 Å². The number of nitrogens with one attached hydrogen (secondary N) is 1. The van der Waals surface area contributed by atoms with Gasteiger partial charge in [0.1, 0.15) is 5.82 Å². The number of hydrogen-bond donors (Lipinski definition) is 2. The van der Waals surface area contributed by atoms with Gasteiger partial charge in [0.15, 0.2) is 5.82 Å². The van der Waals surface area contributed by atoms with Crippen molar-refractivity contribution < 1.29 is 4.52 Å². The maximum atomic E-state index is 5.73. The number of aromatic nitrogens is 3. The Kier molecular flexibility index (Phi) is 3.00. The molecule has 0 aromatic carbocycles. The second kappa shape index (κ2) is 4.61. The van der Waals surface area contributed by atoms with Gasteiger partial charge < -0.3 is 15.6 Å². The van der Waals surface area contributed by atoms with Crippen molar-refractivity contribution in [3.63, 3.8) is 0 Å². The molecule has 2 heterocycles. The molecule has 0 aliphatic rings. The van der Waals surface area contributed by atoms with E-state index < -0.39 is 0 Å². The van der Waals surface area contributed by atoms with Crippen LogP contribution in [0.4, 0.5) is 11.5 Å². The maximum absolute atomic E-state index is 5.73. The van der Waals surface area contributed by atoms with Crippen molar-refractivity contribution in [1.82, 2.24) is 15.1 Å². The first-order valence-electron chi connectivity index (χ1n) is 4.99. The van der Waals surface area contributed by atoms with Crippen LogP contribution in [0.3, 0.4) is 0 Å². The van der Waals surface area contributed by atoms with Gasteiger partial charge in [-0.25, -0.2) is 4.98 Å². The Balaban J connectivity index is 1.87. The Labute approximate surface area is 92.9 Å². The van der Waals surface area contributed by atoms with Crippen molar-refractivity contribution >= 4 is 11.5 Å². The van der Waals surface area contributed by atoms with E-state index in [1.807, 2.05) is 0 Å². The minimum Gasteiger partial charge on any atom is -0.396 e. The Morgan fingerprint density at radius 2 is 2.38 bits per heavy atom. The van der Waals surface area contributed by atoms with Crippen molar-refractivity contribution in [3.05, 3.63) is 30.0 Å². The summed E-state index contributed by atoms with van der Waals surface area (Å²) in [6, 6.07) is 3.59. The highest BCUT2D eigenvalue weighted by Crippen LogP contribution is 2.12. The van der Waals surface area contributed by atoms with E-state index in [9.17, 15) is 0 Å². The lowest BCUT2D eigenvalue weighted by Crippen LogP contribution is -2.08. The van der Waals surface area contributed by atoms with Crippen LogP contribution in [-0.4, -0.2) is 21.7 Å². The number of rotatable bonds is 4. The zero-order chi connectivity index (χ0) is 11.4. The molecule has 6 heteroatoms. The van der Waals surface area contributed by atoms with Gasteiger partial charge in [-0.05, 0) is 19.1 Å². The van der Waals surface area contributed by atoms with Crippen LogP contribution in [0.2, 0.25) is 0 Å². The predicted octanol–water partition coefficient (Wildman–Crippen LogP) is 1.01. The second-order valence-electron chi connectivity index (χ2n) is 3.35. The lowest BCUT2D eigenvalue weighted by atomic mass is 10.3. The molecule has 0 bridgehead atoms. The van der Waals surface area contributed by atoms with E-state index in [0.29, 0.717) is 36.2 Å². The van der Waals surface area contributed by atoms with Gasteiger partial charge in [0.05, 0.1) is 5.69 Å². The molecular formula is C10H13N5O. The number of aryl methyl sites for hydroxylation is 1. The summed E-state index contributed by atoms with van der Waals surface area (Å²) in [7, 11) is 0. The molecule has 0 amide bonds. The Morgan fingerprint density at radius 1 is 1.50 bits per heavy atom. The van der Waals surface area contributed by atoms with Gasteiger partial charge in [0, 0.05) is 19.2 Å². The molecule has 0 saturated heterocycles. The molecule has 84 valence electrons. The summed E-state index contributed by atoms with van der Waals surface area (Å²) in [5.41, 5.74) is 6.36. The number of anilines is 2.